The van der Waals surface area contributed by atoms with Gasteiger partial charge in [-0.05, 0) is 48.9 Å². The number of hydrogen-bond donors (Lipinski definition) is 1. The normalized spacial score (nSPS) is 24.5. The lowest BCUT2D eigenvalue weighted by Crippen LogP contribution is -2.55. The molecule has 160 valence electrons. The van der Waals surface area contributed by atoms with Gasteiger partial charge in [-0.1, -0.05) is 37.3 Å². The van der Waals surface area contributed by atoms with Gasteiger partial charge in [0, 0.05) is 17.5 Å². The molecule has 1 saturated heterocycles. The van der Waals surface area contributed by atoms with Crippen LogP contribution in [0, 0.1) is 17.6 Å². The molecule has 0 aromatic heterocycles. The minimum atomic E-state index is -3.13. The van der Waals surface area contributed by atoms with Crippen molar-refractivity contribution >= 4 is 5.91 Å². The van der Waals surface area contributed by atoms with Crippen LogP contribution in [0.1, 0.15) is 31.7 Å². The molecule has 1 N–H and O–H groups in total. The molecule has 1 heterocycles. The van der Waals surface area contributed by atoms with Crippen LogP contribution in [0.15, 0.2) is 42.5 Å². The molecule has 2 aromatic rings. The average molecular weight is 421 g/mol. The average Bonchev–Trinajstić information content (AvgIpc) is 2.90. The number of likely N-dealkylation sites (tertiary alicyclic amines) is 1. The molecule has 0 bridgehead atoms. The molecule has 3 nitrogen and oxygen atoms in total. The van der Waals surface area contributed by atoms with Crippen molar-refractivity contribution in [1.29, 1.82) is 0 Å². The third-order valence-electron chi connectivity index (χ3n) is 6.51. The molecule has 30 heavy (non-hydrogen) atoms. The predicted molar refractivity (Wildman–Crippen MR) is 104 cm³/mol. The smallest absolute Gasteiger partial charge is 0.269 e. The van der Waals surface area contributed by atoms with Crippen molar-refractivity contribution in [2.24, 2.45) is 5.92 Å². The number of benzene rings is 2. The summed E-state index contributed by atoms with van der Waals surface area (Å²) in [7, 11) is 0. The van der Waals surface area contributed by atoms with Crippen molar-refractivity contribution in [2.45, 2.75) is 50.2 Å². The summed E-state index contributed by atoms with van der Waals surface area (Å²) in [6.45, 7) is 0.558. The number of carbonyl (C=O) groups excluding carboxylic acids is 1. The minimum absolute atomic E-state index is 0.117. The van der Waals surface area contributed by atoms with Crippen molar-refractivity contribution in [1.82, 2.24) is 4.90 Å². The van der Waals surface area contributed by atoms with Crippen molar-refractivity contribution in [3.8, 4) is 11.1 Å². The number of aliphatic hydroxyl groups is 1. The molecular formula is C23H23F4NO2. The van der Waals surface area contributed by atoms with Gasteiger partial charge in [0.25, 0.3) is 11.8 Å². The van der Waals surface area contributed by atoms with Crippen LogP contribution in [-0.4, -0.2) is 40.0 Å². The second-order valence-corrected chi connectivity index (χ2v) is 8.43. The third kappa shape index (κ3) is 3.49. The molecule has 7 heteroatoms. The van der Waals surface area contributed by atoms with Gasteiger partial charge in [0.2, 0.25) is 0 Å². The summed E-state index contributed by atoms with van der Waals surface area (Å²) >= 11 is 0. The van der Waals surface area contributed by atoms with Gasteiger partial charge < -0.3 is 10.0 Å². The van der Waals surface area contributed by atoms with Crippen molar-refractivity contribution in [3.63, 3.8) is 0 Å². The molecule has 0 unspecified atom stereocenters. The van der Waals surface area contributed by atoms with Crippen LogP contribution in [0.2, 0.25) is 0 Å². The van der Waals surface area contributed by atoms with Gasteiger partial charge in [0.15, 0.2) is 0 Å². The van der Waals surface area contributed by atoms with E-state index in [0.717, 1.165) is 4.90 Å². The highest BCUT2D eigenvalue weighted by molar-refractivity contribution is 5.86. The van der Waals surface area contributed by atoms with E-state index >= 15 is 4.39 Å². The fraction of sp³-hybridized carbons (Fsp3) is 0.435. The van der Waals surface area contributed by atoms with Gasteiger partial charge in [0.05, 0.1) is 6.54 Å². The Balaban J connectivity index is 1.66. The van der Waals surface area contributed by atoms with E-state index in [0.29, 0.717) is 12.0 Å². The van der Waals surface area contributed by atoms with Crippen molar-refractivity contribution < 1.29 is 27.5 Å². The van der Waals surface area contributed by atoms with Gasteiger partial charge in [-0.2, -0.15) is 0 Å². The van der Waals surface area contributed by atoms with Crippen molar-refractivity contribution in [2.75, 3.05) is 6.54 Å². The number of halogens is 4. The molecule has 2 atom stereocenters. The second kappa shape index (κ2) is 7.38. The number of alkyl halides is 2. The molecule has 0 radical (unpaired) electrons. The maximum Gasteiger partial charge on any atom is 0.269 e. The van der Waals surface area contributed by atoms with Gasteiger partial charge >= 0.3 is 0 Å². The molecule has 1 aliphatic heterocycles. The third-order valence-corrected chi connectivity index (χ3v) is 6.51. The molecule has 0 spiro atoms. The standard InChI is InChI=1S/C23H23F4NO2/c1-14-19(28(13-23(14,26)27)21(29)22(30)9-4-10-22)12-16-6-3-8-18(20(16)25)15-5-2-7-17(24)11-15/h2-3,5-8,11,14,19,30H,4,9-10,12-13H2,1H3/t14-,19+/m1/s1. The summed E-state index contributed by atoms with van der Waals surface area (Å²) in [5, 5.41) is 10.4. The zero-order valence-corrected chi connectivity index (χ0v) is 16.5. The Hall–Kier alpha value is -2.41. The number of amides is 1. The molecule has 2 aromatic carbocycles. The van der Waals surface area contributed by atoms with Crippen LogP contribution < -0.4 is 0 Å². The Morgan fingerprint density at radius 1 is 1.17 bits per heavy atom. The van der Waals surface area contributed by atoms with E-state index in [1.807, 2.05) is 0 Å². The highest BCUT2D eigenvalue weighted by Gasteiger charge is 2.57. The fourth-order valence-corrected chi connectivity index (χ4v) is 4.38. The van der Waals surface area contributed by atoms with Crippen molar-refractivity contribution in [3.05, 3.63) is 59.7 Å². The van der Waals surface area contributed by atoms with Crippen LogP contribution >= 0.6 is 0 Å². The Labute approximate surface area is 172 Å². The van der Waals surface area contributed by atoms with Crippen LogP contribution in [-0.2, 0) is 11.2 Å². The SMILES string of the molecule is C[C@@H]1[C@H](Cc2cccc(-c3cccc(F)c3)c2F)N(C(=O)C2(O)CCC2)CC1(F)F. The van der Waals surface area contributed by atoms with Gasteiger partial charge in [-0.15, -0.1) is 0 Å². The molecule has 1 aliphatic carbocycles. The molecule has 1 amide bonds. The van der Waals surface area contributed by atoms with E-state index in [4.69, 9.17) is 0 Å². The number of carbonyl (C=O) groups is 1. The van der Waals surface area contributed by atoms with E-state index in [1.165, 1.54) is 37.3 Å². The molecular weight excluding hydrogens is 398 g/mol. The summed E-state index contributed by atoms with van der Waals surface area (Å²) in [5.74, 6) is -6.16. The summed E-state index contributed by atoms with van der Waals surface area (Å²) in [5.41, 5.74) is -0.916. The first-order valence-electron chi connectivity index (χ1n) is 10.1. The zero-order chi connectivity index (χ0) is 21.7. The van der Waals surface area contributed by atoms with Gasteiger partial charge in [-0.3, -0.25) is 4.79 Å². The van der Waals surface area contributed by atoms with Crippen LogP contribution in [0.4, 0.5) is 17.6 Å². The van der Waals surface area contributed by atoms with E-state index in [-0.39, 0.29) is 30.4 Å². The quantitative estimate of drug-likeness (QED) is 0.735. The first-order chi connectivity index (χ1) is 14.1. The van der Waals surface area contributed by atoms with E-state index in [2.05, 4.69) is 0 Å². The monoisotopic (exact) mass is 421 g/mol. The maximum absolute atomic E-state index is 15.2. The predicted octanol–water partition coefficient (Wildman–Crippen LogP) is 4.57. The van der Waals surface area contributed by atoms with Crippen LogP contribution in [0.5, 0.6) is 0 Å². The molecule has 1 saturated carbocycles. The molecule has 2 aliphatic rings. The maximum atomic E-state index is 15.2. The number of hydrogen-bond acceptors (Lipinski definition) is 2. The van der Waals surface area contributed by atoms with E-state index in [1.54, 1.807) is 12.1 Å². The van der Waals surface area contributed by atoms with E-state index in [9.17, 15) is 23.1 Å². The van der Waals surface area contributed by atoms with E-state index < -0.39 is 47.6 Å². The summed E-state index contributed by atoms with van der Waals surface area (Å²) in [4.78, 5) is 13.8. The number of nitrogens with zero attached hydrogens (tertiary/aromatic N) is 1. The van der Waals surface area contributed by atoms with Gasteiger partial charge in [0.1, 0.15) is 17.2 Å². The lowest BCUT2D eigenvalue weighted by atomic mass is 9.79. The Morgan fingerprint density at radius 3 is 2.50 bits per heavy atom. The van der Waals surface area contributed by atoms with Crippen LogP contribution in [0.3, 0.4) is 0 Å². The highest BCUT2D eigenvalue weighted by Crippen LogP contribution is 2.43. The second-order valence-electron chi connectivity index (χ2n) is 8.43. The lowest BCUT2D eigenvalue weighted by Gasteiger charge is -2.40. The number of rotatable bonds is 4. The highest BCUT2D eigenvalue weighted by atomic mass is 19.3. The first kappa shape index (κ1) is 20.8. The zero-order valence-electron chi connectivity index (χ0n) is 16.5. The first-order valence-corrected chi connectivity index (χ1v) is 10.1. The summed E-state index contributed by atoms with van der Waals surface area (Å²) in [6, 6.07) is 9.12. The summed E-state index contributed by atoms with van der Waals surface area (Å²) in [6.07, 6.45) is 1.04. The topological polar surface area (TPSA) is 40.5 Å². The Morgan fingerprint density at radius 2 is 1.87 bits per heavy atom. The molecule has 4 rings (SSSR count). The summed E-state index contributed by atoms with van der Waals surface area (Å²) < 4.78 is 57.8. The fourth-order valence-electron chi connectivity index (χ4n) is 4.38. The largest absolute Gasteiger partial charge is 0.380 e. The Kier molecular flexibility index (Phi) is 5.12. The Bertz CT molecular complexity index is 973. The van der Waals surface area contributed by atoms with Gasteiger partial charge in [-0.25, -0.2) is 17.6 Å². The molecule has 2 fully saturated rings. The lowest BCUT2D eigenvalue weighted by molar-refractivity contribution is -0.162. The minimum Gasteiger partial charge on any atom is -0.380 e. The van der Waals surface area contributed by atoms with Crippen LogP contribution in [0.25, 0.3) is 11.1 Å².